The van der Waals surface area contributed by atoms with Gasteiger partial charge in [-0.2, -0.15) is 0 Å². The highest BCUT2D eigenvalue weighted by atomic mass is 79.9. The summed E-state index contributed by atoms with van der Waals surface area (Å²) in [6.45, 7) is 8.05. The van der Waals surface area contributed by atoms with Crippen LogP contribution in [0.25, 0.3) is 0 Å². The predicted octanol–water partition coefficient (Wildman–Crippen LogP) is 4.44. The van der Waals surface area contributed by atoms with Gasteiger partial charge in [-0.25, -0.2) is 0 Å². The summed E-state index contributed by atoms with van der Waals surface area (Å²) < 4.78 is 1.15. The van der Waals surface area contributed by atoms with Gasteiger partial charge in [0.15, 0.2) is 0 Å². The molecule has 1 aromatic rings. The molecule has 1 aromatic carbocycles. The van der Waals surface area contributed by atoms with E-state index in [1.807, 2.05) is 0 Å². The molecule has 0 radical (unpaired) electrons. The summed E-state index contributed by atoms with van der Waals surface area (Å²) in [5.41, 5.74) is 1.76. The lowest BCUT2D eigenvalue weighted by molar-refractivity contribution is 0.167. The molecule has 1 atom stereocenters. The number of nitrogens with one attached hydrogen (secondary N) is 1. The fourth-order valence-corrected chi connectivity index (χ4v) is 3.38. The number of benzene rings is 1. The average Bonchev–Trinajstić information content (AvgIpc) is 3.23. The Morgan fingerprint density at radius 3 is 2.52 bits per heavy atom. The maximum atomic E-state index is 3.73. The van der Waals surface area contributed by atoms with E-state index in [2.05, 4.69) is 71.3 Å². The molecule has 21 heavy (non-hydrogen) atoms. The molecule has 3 heteroatoms. The lowest BCUT2D eigenvalue weighted by Gasteiger charge is -2.34. The van der Waals surface area contributed by atoms with Gasteiger partial charge in [-0.3, -0.25) is 0 Å². The Bertz CT molecular complexity index is 427. The van der Waals surface area contributed by atoms with E-state index in [1.165, 1.54) is 31.2 Å². The summed E-state index contributed by atoms with van der Waals surface area (Å²) in [4.78, 5) is 2.47. The SMILES string of the molecule is CCCC(C)(CNC1CC1)CN(C)Cc1ccc(Br)cc1. The normalized spacial score (nSPS) is 18.0. The first kappa shape index (κ1) is 17.0. The van der Waals surface area contributed by atoms with Crippen LogP contribution in [0.2, 0.25) is 0 Å². The molecular weight excluding hydrogens is 324 g/mol. The lowest BCUT2D eigenvalue weighted by atomic mass is 9.84. The van der Waals surface area contributed by atoms with Crippen LogP contribution in [0.3, 0.4) is 0 Å². The molecule has 1 aliphatic carbocycles. The molecule has 0 bridgehead atoms. The first-order chi connectivity index (χ1) is 10.0. The van der Waals surface area contributed by atoms with Crippen molar-refractivity contribution in [2.24, 2.45) is 5.41 Å². The fourth-order valence-electron chi connectivity index (χ4n) is 3.11. The van der Waals surface area contributed by atoms with E-state index >= 15 is 0 Å². The van der Waals surface area contributed by atoms with Gasteiger partial charge in [-0.1, -0.05) is 48.3 Å². The van der Waals surface area contributed by atoms with E-state index in [1.54, 1.807) is 0 Å². The van der Waals surface area contributed by atoms with Gasteiger partial charge in [0.05, 0.1) is 0 Å². The first-order valence-electron chi connectivity index (χ1n) is 8.17. The number of halogens is 1. The summed E-state index contributed by atoms with van der Waals surface area (Å²) in [6.07, 6.45) is 5.29. The van der Waals surface area contributed by atoms with Crippen LogP contribution in [0.15, 0.2) is 28.7 Å². The van der Waals surface area contributed by atoms with Crippen molar-refractivity contribution in [3.05, 3.63) is 34.3 Å². The maximum Gasteiger partial charge on any atom is 0.0230 e. The van der Waals surface area contributed by atoms with Crippen molar-refractivity contribution in [2.45, 2.75) is 52.1 Å². The van der Waals surface area contributed by atoms with Crippen molar-refractivity contribution in [1.29, 1.82) is 0 Å². The molecular formula is C18H29BrN2. The Balaban J connectivity index is 1.86. The monoisotopic (exact) mass is 352 g/mol. The van der Waals surface area contributed by atoms with Crippen LogP contribution in [0.4, 0.5) is 0 Å². The number of hydrogen-bond donors (Lipinski definition) is 1. The van der Waals surface area contributed by atoms with Gasteiger partial charge >= 0.3 is 0 Å². The highest BCUT2D eigenvalue weighted by Crippen LogP contribution is 2.27. The number of nitrogens with zero attached hydrogens (tertiary/aromatic N) is 1. The van der Waals surface area contributed by atoms with Crippen LogP contribution < -0.4 is 5.32 Å². The molecule has 1 N–H and O–H groups in total. The molecule has 0 heterocycles. The molecule has 0 saturated heterocycles. The quantitative estimate of drug-likeness (QED) is 0.706. The Kier molecular flexibility index (Phi) is 6.27. The highest BCUT2D eigenvalue weighted by molar-refractivity contribution is 9.10. The smallest absolute Gasteiger partial charge is 0.0230 e. The number of hydrogen-bond acceptors (Lipinski definition) is 2. The van der Waals surface area contributed by atoms with Gasteiger partial charge in [-0.05, 0) is 49.4 Å². The molecule has 0 spiro atoms. The van der Waals surface area contributed by atoms with Gasteiger partial charge < -0.3 is 10.2 Å². The molecule has 2 nitrogen and oxygen atoms in total. The zero-order valence-corrected chi connectivity index (χ0v) is 15.2. The predicted molar refractivity (Wildman–Crippen MR) is 94.5 cm³/mol. The Morgan fingerprint density at radius 2 is 1.95 bits per heavy atom. The maximum absolute atomic E-state index is 3.73. The molecule has 0 aliphatic heterocycles. The third kappa shape index (κ3) is 6.09. The fraction of sp³-hybridized carbons (Fsp3) is 0.667. The summed E-state index contributed by atoms with van der Waals surface area (Å²) in [6, 6.07) is 9.48. The second-order valence-electron chi connectivity index (χ2n) is 7.01. The van der Waals surface area contributed by atoms with Crippen molar-refractivity contribution in [2.75, 3.05) is 20.1 Å². The molecule has 1 unspecified atom stereocenters. The third-order valence-corrected chi connectivity index (χ3v) is 4.79. The standard InChI is InChI=1S/C18H29BrN2/c1-4-11-18(2,13-20-17-9-10-17)14-21(3)12-15-5-7-16(19)8-6-15/h5-8,17,20H,4,9-14H2,1-3H3. The summed E-state index contributed by atoms with van der Waals surface area (Å²) >= 11 is 3.50. The summed E-state index contributed by atoms with van der Waals surface area (Å²) in [5, 5.41) is 3.73. The summed E-state index contributed by atoms with van der Waals surface area (Å²) in [7, 11) is 2.24. The van der Waals surface area contributed by atoms with Crippen molar-refractivity contribution in [3.8, 4) is 0 Å². The minimum absolute atomic E-state index is 0.376. The summed E-state index contributed by atoms with van der Waals surface area (Å²) in [5.74, 6) is 0. The lowest BCUT2D eigenvalue weighted by Crippen LogP contribution is -2.41. The minimum Gasteiger partial charge on any atom is -0.313 e. The van der Waals surface area contributed by atoms with Crippen LogP contribution in [0.5, 0.6) is 0 Å². The second-order valence-corrected chi connectivity index (χ2v) is 7.93. The van der Waals surface area contributed by atoms with Gasteiger partial charge in [0.25, 0.3) is 0 Å². The van der Waals surface area contributed by atoms with Crippen LogP contribution in [0.1, 0.15) is 45.1 Å². The second kappa shape index (κ2) is 7.75. The zero-order valence-electron chi connectivity index (χ0n) is 13.7. The van der Waals surface area contributed by atoms with E-state index < -0.39 is 0 Å². The third-order valence-electron chi connectivity index (χ3n) is 4.27. The molecule has 1 fully saturated rings. The van der Waals surface area contributed by atoms with E-state index in [0.717, 1.165) is 30.1 Å². The van der Waals surface area contributed by atoms with E-state index in [-0.39, 0.29) is 0 Å². The van der Waals surface area contributed by atoms with Crippen LogP contribution in [-0.4, -0.2) is 31.1 Å². The number of rotatable bonds is 9. The largest absolute Gasteiger partial charge is 0.313 e. The molecule has 2 rings (SSSR count). The van der Waals surface area contributed by atoms with Crippen LogP contribution in [0, 0.1) is 5.41 Å². The topological polar surface area (TPSA) is 15.3 Å². The molecule has 1 aliphatic rings. The van der Waals surface area contributed by atoms with Gasteiger partial charge in [0, 0.05) is 30.1 Å². The van der Waals surface area contributed by atoms with E-state index in [9.17, 15) is 0 Å². The van der Waals surface area contributed by atoms with E-state index in [0.29, 0.717) is 5.41 Å². The Hall–Kier alpha value is -0.380. The molecule has 118 valence electrons. The molecule has 0 amide bonds. The molecule has 0 aromatic heterocycles. The van der Waals surface area contributed by atoms with Gasteiger partial charge in [0.2, 0.25) is 0 Å². The zero-order chi connectivity index (χ0) is 15.3. The van der Waals surface area contributed by atoms with Crippen LogP contribution >= 0.6 is 15.9 Å². The Labute approximate surface area is 138 Å². The van der Waals surface area contributed by atoms with Crippen molar-refractivity contribution < 1.29 is 0 Å². The highest BCUT2D eigenvalue weighted by Gasteiger charge is 2.29. The Morgan fingerprint density at radius 1 is 1.29 bits per heavy atom. The van der Waals surface area contributed by atoms with Crippen molar-refractivity contribution in [3.63, 3.8) is 0 Å². The van der Waals surface area contributed by atoms with Gasteiger partial charge in [0.1, 0.15) is 0 Å². The van der Waals surface area contributed by atoms with E-state index in [4.69, 9.17) is 0 Å². The van der Waals surface area contributed by atoms with Crippen molar-refractivity contribution in [1.82, 2.24) is 10.2 Å². The molecule has 1 saturated carbocycles. The average molecular weight is 353 g/mol. The minimum atomic E-state index is 0.376. The first-order valence-corrected chi connectivity index (χ1v) is 8.96. The van der Waals surface area contributed by atoms with Crippen molar-refractivity contribution >= 4 is 15.9 Å². The van der Waals surface area contributed by atoms with Gasteiger partial charge in [-0.15, -0.1) is 0 Å². The van der Waals surface area contributed by atoms with Crippen LogP contribution in [-0.2, 0) is 6.54 Å².